The third-order valence-electron chi connectivity index (χ3n) is 4.40. The molecule has 0 aliphatic carbocycles. The summed E-state index contributed by atoms with van der Waals surface area (Å²) >= 11 is 1.42. The van der Waals surface area contributed by atoms with Crippen molar-refractivity contribution in [3.63, 3.8) is 0 Å². The molecule has 0 atom stereocenters. The maximum atomic E-state index is 11.7. The number of aromatic nitrogens is 4. The van der Waals surface area contributed by atoms with E-state index in [1.165, 1.54) is 11.8 Å². The van der Waals surface area contributed by atoms with E-state index in [1.54, 1.807) is 11.0 Å². The van der Waals surface area contributed by atoms with Crippen LogP contribution in [0.15, 0.2) is 12.5 Å². The number of piperazine rings is 1. The molecule has 0 unspecified atom stereocenters. The number of rotatable bonds is 3. The molecule has 1 amide bonds. The SMILES string of the molecule is Cn1ncc2c(N3CCN(CN4CCSC4=O)CC3)ncnc21. The van der Waals surface area contributed by atoms with Crippen molar-refractivity contribution in [1.29, 1.82) is 0 Å². The number of anilines is 1. The maximum Gasteiger partial charge on any atom is 0.282 e. The van der Waals surface area contributed by atoms with Crippen molar-refractivity contribution in [2.24, 2.45) is 7.05 Å². The van der Waals surface area contributed by atoms with E-state index in [1.807, 2.05) is 18.1 Å². The summed E-state index contributed by atoms with van der Waals surface area (Å²) in [4.78, 5) is 27.0. The molecule has 4 rings (SSSR count). The first-order chi connectivity index (χ1) is 11.2. The quantitative estimate of drug-likeness (QED) is 0.815. The lowest BCUT2D eigenvalue weighted by Gasteiger charge is -2.37. The molecule has 0 aromatic carbocycles. The van der Waals surface area contributed by atoms with Gasteiger partial charge in [0.2, 0.25) is 0 Å². The number of nitrogens with zero attached hydrogens (tertiary/aromatic N) is 7. The minimum atomic E-state index is 0.209. The van der Waals surface area contributed by atoms with E-state index in [0.29, 0.717) is 0 Å². The topological polar surface area (TPSA) is 70.4 Å². The highest BCUT2D eigenvalue weighted by molar-refractivity contribution is 8.13. The number of fused-ring (bicyclic) bond motifs is 1. The smallest absolute Gasteiger partial charge is 0.282 e. The summed E-state index contributed by atoms with van der Waals surface area (Å²) in [5.74, 6) is 1.87. The Labute approximate surface area is 138 Å². The highest BCUT2D eigenvalue weighted by Crippen LogP contribution is 2.23. The van der Waals surface area contributed by atoms with Crippen LogP contribution in [0.1, 0.15) is 0 Å². The molecule has 0 spiro atoms. The van der Waals surface area contributed by atoms with E-state index in [9.17, 15) is 4.79 Å². The fraction of sp³-hybridized carbons (Fsp3) is 0.571. The molecule has 23 heavy (non-hydrogen) atoms. The van der Waals surface area contributed by atoms with Crippen LogP contribution in [0.3, 0.4) is 0 Å². The summed E-state index contributed by atoms with van der Waals surface area (Å²) in [6.45, 7) is 5.27. The number of hydrogen-bond acceptors (Lipinski definition) is 7. The van der Waals surface area contributed by atoms with Crippen LogP contribution in [0.4, 0.5) is 10.6 Å². The standard InChI is InChI=1S/C14H19N7OS/c1-18-12-11(8-17-18)13(16-9-15-12)20-4-2-19(3-5-20)10-21-6-7-23-14(21)22/h8-9H,2-7,10H2,1H3. The fourth-order valence-corrected chi connectivity index (χ4v) is 3.92. The highest BCUT2D eigenvalue weighted by atomic mass is 32.2. The van der Waals surface area contributed by atoms with Gasteiger partial charge in [-0.2, -0.15) is 5.10 Å². The number of aryl methyl sites for hydroxylation is 1. The van der Waals surface area contributed by atoms with Crippen LogP contribution in [0.2, 0.25) is 0 Å². The molecular formula is C14H19N7OS. The molecule has 0 bridgehead atoms. The monoisotopic (exact) mass is 333 g/mol. The number of carbonyl (C=O) groups is 1. The fourth-order valence-electron chi connectivity index (χ4n) is 3.10. The molecule has 2 aromatic heterocycles. The Bertz CT molecular complexity index is 725. The summed E-state index contributed by atoms with van der Waals surface area (Å²) in [6, 6.07) is 0. The molecule has 2 aromatic rings. The predicted molar refractivity (Wildman–Crippen MR) is 89.5 cm³/mol. The van der Waals surface area contributed by atoms with Crippen molar-refractivity contribution in [1.82, 2.24) is 29.5 Å². The van der Waals surface area contributed by atoms with Crippen LogP contribution < -0.4 is 4.90 Å². The van der Waals surface area contributed by atoms with Gasteiger partial charge in [0.15, 0.2) is 5.65 Å². The molecule has 4 heterocycles. The number of amides is 1. The molecule has 2 fully saturated rings. The second-order valence-corrected chi connectivity index (χ2v) is 6.87. The maximum absolute atomic E-state index is 11.7. The largest absolute Gasteiger partial charge is 0.353 e. The first-order valence-corrected chi connectivity index (χ1v) is 8.72. The zero-order valence-corrected chi connectivity index (χ0v) is 13.9. The van der Waals surface area contributed by atoms with Crippen LogP contribution in [-0.2, 0) is 7.05 Å². The molecule has 2 aliphatic heterocycles. The first-order valence-electron chi connectivity index (χ1n) is 7.74. The molecule has 2 saturated heterocycles. The van der Waals surface area contributed by atoms with E-state index in [4.69, 9.17) is 0 Å². The van der Waals surface area contributed by atoms with Gasteiger partial charge in [-0.05, 0) is 0 Å². The zero-order chi connectivity index (χ0) is 15.8. The minimum absolute atomic E-state index is 0.209. The lowest BCUT2D eigenvalue weighted by molar-refractivity contribution is 0.156. The second-order valence-electron chi connectivity index (χ2n) is 5.83. The summed E-state index contributed by atoms with van der Waals surface area (Å²) in [6.07, 6.45) is 3.43. The van der Waals surface area contributed by atoms with Crippen LogP contribution in [0.25, 0.3) is 11.0 Å². The van der Waals surface area contributed by atoms with Crippen LogP contribution in [-0.4, -0.2) is 79.9 Å². The van der Waals surface area contributed by atoms with Crippen molar-refractivity contribution in [3.05, 3.63) is 12.5 Å². The van der Waals surface area contributed by atoms with Gasteiger partial charge in [-0.25, -0.2) is 9.97 Å². The number of hydrogen-bond donors (Lipinski definition) is 0. The van der Waals surface area contributed by atoms with Crippen molar-refractivity contribution in [2.75, 3.05) is 50.0 Å². The molecule has 122 valence electrons. The Morgan fingerprint density at radius 2 is 2.00 bits per heavy atom. The third kappa shape index (κ3) is 2.74. The number of carbonyl (C=O) groups excluding carboxylic acids is 1. The van der Waals surface area contributed by atoms with Crippen LogP contribution >= 0.6 is 11.8 Å². The number of thioether (sulfide) groups is 1. The van der Waals surface area contributed by atoms with Crippen LogP contribution in [0, 0.1) is 0 Å². The minimum Gasteiger partial charge on any atom is -0.353 e. The average molecular weight is 333 g/mol. The second kappa shape index (κ2) is 5.97. The molecule has 0 saturated carbocycles. The Balaban J connectivity index is 1.43. The normalized spacial score (nSPS) is 20.0. The van der Waals surface area contributed by atoms with Gasteiger partial charge < -0.3 is 9.80 Å². The Morgan fingerprint density at radius 3 is 2.74 bits per heavy atom. The van der Waals surface area contributed by atoms with E-state index in [2.05, 4.69) is 24.9 Å². The molecule has 2 aliphatic rings. The van der Waals surface area contributed by atoms with Crippen molar-refractivity contribution >= 4 is 33.9 Å². The van der Waals surface area contributed by atoms with Gasteiger partial charge in [-0.3, -0.25) is 14.4 Å². The molecule has 0 N–H and O–H groups in total. The summed E-state index contributed by atoms with van der Waals surface area (Å²) in [5.41, 5.74) is 0.858. The van der Waals surface area contributed by atoms with Gasteiger partial charge >= 0.3 is 0 Å². The van der Waals surface area contributed by atoms with Crippen molar-refractivity contribution in [3.8, 4) is 0 Å². The molecule has 9 heteroatoms. The highest BCUT2D eigenvalue weighted by Gasteiger charge is 2.26. The lowest BCUT2D eigenvalue weighted by Crippen LogP contribution is -2.50. The Hall–Kier alpha value is -1.87. The predicted octanol–water partition coefficient (Wildman–Crippen LogP) is 0.612. The van der Waals surface area contributed by atoms with Gasteiger partial charge in [-0.15, -0.1) is 0 Å². The van der Waals surface area contributed by atoms with E-state index >= 15 is 0 Å². The van der Waals surface area contributed by atoms with E-state index in [0.717, 1.165) is 62.0 Å². The Kier molecular flexibility index (Phi) is 3.82. The van der Waals surface area contributed by atoms with Gasteiger partial charge in [0, 0.05) is 45.5 Å². The van der Waals surface area contributed by atoms with E-state index < -0.39 is 0 Å². The molecule has 8 nitrogen and oxygen atoms in total. The van der Waals surface area contributed by atoms with Gasteiger partial charge in [-0.1, -0.05) is 11.8 Å². The van der Waals surface area contributed by atoms with E-state index in [-0.39, 0.29) is 5.24 Å². The first kappa shape index (κ1) is 14.7. The zero-order valence-electron chi connectivity index (χ0n) is 13.1. The van der Waals surface area contributed by atoms with Gasteiger partial charge in [0.05, 0.1) is 18.3 Å². The van der Waals surface area contributed by atoms with Crippen LogP contribution in [0.5, 0.6) is 0 Å². The van der Waals surface area contributed by atoms with Crippen molar-refractivity contribution < 1.29 is 4.79 Å². The molecular weight excluding hydrogens is 314 g/mol. The average Bonchev–Trinajstić information content (AvgIpc) is 3.15. The summed E-state index contributed by atoms with van der Waals surface area (Å²) in [7, 11) is 1.89. The summed E-state index contributed by atoms with van der Waals surface area (Å²) < 4.78 is 1.77. The lowest BCUT2D eigenvalue weighted by atomic mass is 10.3. The van der Waals surface area contributed by atoms with Gasteiger partial charge in [0.1, 0.15) is 12.1 Å². The summed E-state index contributed by atoms with van der Waals surface area (Å²) in [5, 5.41) is 5.48. The molecule has 0 radical (unpaired) electrons. The Morgan fingerprint density at radius 1 is 1.17 bits per heavy atom. The third-order valence-corrected chi connectivity index (χ3v) is 5.29. The van der Waals surface area contributed by atoms with Gasteiger partial charge in [0.25, 0.3) is 5.24 Å². The van der Waals surface area contributed by atoms with Crippen molar-refractivity contribution in [2.45, 2.75) is 0 Å².